The Morgan fingerprint density at radius 1 is 1.47 bits per heavy atom. The molecule has 0 unspecified atom stereocenters. The van der Waals surface area contributed by atoms with Gasteiger partial charge in [0.15, 0.2) is 0 Å². The van der Waals surface area contributed by atoms with Gasteiger partial charge >= 0.3 is 6.09 Å². The monoisotopic (exact) mass is 448 g/mol. The van der Waals surface area contributed by atoms with E-state index >= 15 is 0 Å². The molecule has 0 aromatic carbocycles. The van der Waals surface area contributed by atoms with E-state index in [9.17, 15) is 9.90 Å². The van der Waals surface area contributed by atoms with Crippen LogP contribution in [0.4, 0.5) is 4.79 Å². The maximum absolute atomic E-state index is 12.6. The molecule has 9 heteroatoms. The number of epoxide rings is 2. The van der Waals surface area contributed by atoms with Crippen molar-refractivity contribution in [2.75, 3.05) is 13.7 Å². The Morgan fingerprint density at radius 2 is 2.19 bits per heavy atom. The van der Waals surface area contributed by atoms with Crippen LogP contribution < -0.4 is 0 Å². The highest BCUT2D eigenvalue weighted by Crippen LogP contribution is 2.60. The van der Waals surface area contributed by atoms with Gasteiger partial charge in [-0.15, -0.1) is 0 Å². The Labute approximate surface area is 189 Å². The van der Waals surface area contributed by atoms with Crippen LogP contribution >= 0.6 is 0 Å². The van der Waals surface area contributed by atoms with Crippen LogP contribution in [-0.2, 0) is 14.2 Å². The maximum atomic E-state index is 12.6. The van der Waals surface area contributed by atoms with Crippen molar-refractivity contribution in [3.8, 4) is 0 Å². The largest absolute Gasteiger partial charge is 0.465 e. The predicted molar refractivity (Wildman–Crippen MR) is 117 cm³/mol. The first-order valence-electron chi connectivity index (χ1n) is 11.5. The number of rotatable bonds is 8. The summed E-state index contributed by atoms with van der Waals surface area (Å²) in [6.45, 7) is 11.0. The molecule has 2 saturated heterocycles. The van der Waals surface area contributed by atoms with E-state index in [4.69, 9.17) is 14.2 Å². The summed E-state index contributed by atoms with van der Waals surface area (Å²) in [5.74, 6) is 0.493. The fourth-order valence-corrected chi connectivity index (χ4v) is 5.85. The molecule has 4 rings (SSSR count). The zero-order valence-electron chi connectivity index (χ0n) is 19.9. The predicted octanol–water partition coefficient (Wildman–Crippen LogP) is 3.56. The second kappa shape index (κ2) is 8.43. The number of H-pyrrole nitrogens is 1. The van der Waals surface area contributed by atoms with Gasteiger partial charge in [-0.05, 0) is 46.0 Å². The third-order valence-corrected chi connectivity index (χ3v) is 7.48. The van der Waals surface area contributed by atoms with Gasteiger partial charge in [0.25, 0.3) is 0 Å². The average Bonchev–Trinajstić information content (AvgIpc) is 3.56. The lowest BCUT2D eigenvalue weighted by atomic mass is 9.67. The molecule has 1 aromatic rings. The van der Waals surface area contributed by atoms with Gasteiger partial charge in [0.1, 0.15) is 17.8 Å². The number of ether oxygens (including phenoxy) is 3. The SMILES string of the molecule is CO[C@@H]1[C@H](N(C(=O)O)[C@H](c2ncn[nH]2)C(C)C)CC[C@]2(CO2)[C@H]1[C@@]1(C)O[C@@H]1CC=C(C)C. The number of nitrogens with one attached hydrogen (secondary N) is 1. The Kier molecular flexibility index (Phi) is 6.11. The topological polar surface area (TPSA) is 116 Å². The van der Waals surface area contributed by atoms with Crippen LogP contribution in [0.5, 0.6) is 0 Å². The van der Waals surface area contributed by atoms with E-state index in [0.717, 1.165) is 12.8 Å². The molecule has 9 nitrogen and oxygen atoms in total. The first-order valence-corrected chi connectivity index (χ1v) is 11.5. The lowest BCUT2D eigenvalue weighted by molar-refractivity contribution is -0.102. The smallest absolute Gasteiger partial charge is 0.408 e. The van der Waals surface area contributed by atoms with Gasteiger partial charge in [0.05, 0.1) is 36.5 Å². The van der Waals surface area contributed by atoms with Crippen LogP contribution in [-0.4, -0.2) is 74.4 Å². The first kappa shape index (κ1) is 23.2. The van der Waals surface area contributed by atoms with Crippen LogP contribution in [0, 0.1) is 11.8 Å². The van der Waals surface area contributed by atoms with E-state index < -0.39 is 17.7 Å². The summed E-state index contributed by atoms with van der Waals surface area (Å²) >= 11 is 0. The summed E-state index contributed by atoms with van der Waals surface area (Å²) in [5.41, 5.74) is 0.551. The zero-order valence-corrected chi connectivity index (χ0v) is 19.9. The fraction of sp³-hybridized carbons (Fsp3) is 0.783. The van der Waals surface area contributed by atoms with E-state index in [0.29, 0.717) is 18.9 Å². The van der Waals surface area contributed by atoms with Crippen molar-refractivity contribution in [3.05, 3.63) is 23.8 Å². The molecule has 0 bridgehead atoms. The number of aromatic nitrogens is 3. The molecule has 2 aliphatic heterocycles. The third kappa shape index (κ3) is 3.95. The molecule has 3 fully saturated rings. The van der Waals surface area contributed by atoms with Gasteiger partial charge in [-0.1, -0.05) is 25.5 Å². The summed E-state index contributed by atoms with van der Waals surface area (Å²) in [7, 11) is 1.67. The van der Waals surface area contributed by atoms with Crippen molar-refractivity contribution in [1.29, 1.82) is 0 Å². The minimum absolute atomic E-state index is 0.00115. The molecule has 2 N–H and O–H groups in total. The van der Waals surface area contributed by atoms with Gasteiger partial charge < -0.3 is 19.3 Å². The van der Waals surface area contributed by atoms with E-state index in [-0.39, 0.29) is 35.7 Å². The van der Waals surface area contributed by atoms with Crippen LogP contribution in [0.25, 0.3) is 0 Å². The number of amides is 1. The Morgan fingerprint density at radius 3 is 2.69 bits per heavy atom. The summed E-state index contributed by atoms with van der Waals surface area (Å²) in [4.78, 5) is 18.4. The summed E-state index contributed by atoms with van der Waals surface area (Å²) in [6, 6.07) is -0.804. The Bertz CT molecular complexity index is 849. The van der Waals surface area contributed by atoms with Crippen LogP contribution in [0.1, 0.15) is 65.7 Å². The van der Waals surface area contributed by atoms with E-state index in [1.807, 2.05) is 13.8 Å². The maximum Gasteiger partial charge on any atom is 0.408 e. The van der Waals surface area contributed by atoms with Crippen LogP contribution in [0.3, 0.4) is 0 Å². The lowest BCUT2D eigenvalue weighted by Crippen LogP contribution is -2.61. The van der Waals surface area contributed by atoms with Crippen molar-refractivity contribution in [2.45, 2.75) is 89.4 Å². The molecule has 3 aliphatic rings. The highest BCUT2D eigenvalue weighted by molar-refractivity contribution is 5.66. The number of hydrogen-bond donors (Lipinski definition) is 2. The van der Waals surface area contributed by atoms with Crippen molar-refractivity contribution >= 4 is 6.09 Å². The molecular formula is C23H36N4O5. The second-order valence-corrected chi connectivity index (χ2v) is 10.2. The van der Waals surface area contributed by atoms with Gasteiger partial charge in [-0.2, -0.15) is 5.10 Å². The van der Waals surface area contributed by atoms with Crippen molar-refractivity contribution in [3.63, 3.8) is 0 Å². The summed E-state index contributed by atoms with van der Waals surface area (Å²) in [5, 5.41) is 17.2. The van der Waals surface area contributed by atoms with E-state index in [1.54, 1.807) is 7.11 Å². The number of carbonyl (C=O) groups is 1. The van der Waals surface area contributed by atoms with Crippen LogP contribution in [0.15, 0.2) is 18.0 Å². The number of allylic oxidation sites excluding steroid dienone is 1. The molecule has 178 valence electrons. The number of aromatic amines is 1. The average molecular weight is 449 g/mol. The van der Waals surface area contributed by atoms with Gasteiger partial charge in [-0.3, -0.25) is 10.00 Å². The van der Waals surface area contributed by atoms with Crippen molar-refractivity contribution in [2.24, 2.45) is 11.8 Å². The minimum Gasteiger partial charge on any atom is -0.465 e. The summed E-state index contributed by atoms with van der Waals surface area (Å²) in [6.07, 6.45) is 4.63. The standard InChI is InChI=1S/C23H36N4O5/c1-13(2)7-8-16-22(5,32-16)19-18(30-6)15(9-10-23(19)11-31-23)27(21(28)29)17(14(3)4)20-24-12-25-26-20/h7,12,14-19H,8-11H2,1-6H3,(H,28,29)(H,24,25,26)/t15-,16-,17+,18-,19-,22+,23+/m1/s1. The Hall–Kier alpha value is -1.97. The quantitative estimate of drug-likeness (QED) is 0.461. The number of methoxy groups -OCH3 is 1. The summed E-state index contributed by atoms with van der Waals surface area (Å²) < 4.78 is 18.4. The highest BCUT2D eigenvalue weighted by Gasteiger charge is 2.72. The van der Waals surface area contributed by atoms with E-state index in [1.165, 1.54) is 16.8 Å². The molecule has 1 aliphatic carbocycles. The Balaban J connectivity index is 1.67. The molecule has 3 heterocycles. The second-order valence-electron chi connectivity index (χ2n) is 10.2. The lowest BCUT2D eigenvalue weighted by Gasteiger charge is -2.48. The molecule has 0 radical (unpaired) electrons. The van der Waals surface area contributed by atoms with E-state index in [2.05, 4.69) is 42.0 Å². The molecule has 1 aromatic heterocycles. The normalized spacial score (nSPS) is 36.7. The molecule has 1 saturated carbocycles. The van der Waals surface area contributed by atoms with Crippen molar-refractivity contribution < 1.29 is 24.1 Å². The highest BCUT2D eigenvalue weighted by atomic mass is 16.6. The van der Waals surface area contributed by atoms with Gasteiger partial charge in [0, 0.05) is 13.0 Å². The van der Waals surface area contributed by atoms with Crippen molar-refractivity contribution in [1.82, 2.24) is 20.1 Å². The first-order chi connectivity index (χ1) is 15.1. The number of hydrogen-bond acceptors (Lipinski definition) is 6. The molecular weight excluding hydrogens is 412 g/mol. The number of nitrogens with zero attached hydrogens (tertiary/aromatic N) is 3. The number of carboxylic acid groups (broad SMARTS) is 1. The molecule has 1 amide bonds. The fourth-order valence-electron chi connectivity index (χ4n) is 5.85. The minimum atomic E-state index is -0.985. The zero-order chi connectivity index (χ0) is 23.3. The molecule has 7 atom stereocenters. The van der Waals surface area contributed by atoms with Crippen LogP contribution in [0.2, 0.25) is 0 Å². The molecule has 1 spiro atoms. The van der Waals surface area contributed by atoms with Gasteiger partial charge in [-0.25, -0.2) is 9.78 Å². The molecule has 32 heavy (non-hydrogen) atoms. The van der Waals surface area contributed by atoms with Gasteiger partial charge in [0.2, 0.25) is 0 Å². The third-order valence-electron chi connectivity index (χ3n) is 7.48.